The lowest BCUT2D eigenvalue weighted by atomic mass is 10.1. The van der Waals surface area contributed by atoms with E-state index in [0.29, 0.717) is 12.7 Å². The number of ether oxygens (including phenoxy) is 9. The third kappa shape index (κ3) is 91.3. The van der Waals surface area contributed by atoms with Gasteiger partial charge in [0, 0.05) is 19.6 Å². The summed E-state index contributed by atoms with van der Waals surface area (Å²) in [5, 5.41) is 23.5. The van der Waals surface area contributed by atoms with Gasteiger partial charge in [0.15, 0.2) is 0 Å². The van der Waals surface area contributed by atoms with Gasteiger partial charge in [-0.1, -0.05) is 27.9 Å². The maximum Gasteiger partial charge on any atom is 0.408 e. The molecule has 2 atom stereocenters. The molecule has 0 aliphatic carbocycles. The summed E-state index contributed by atoms with van der Waals surface area (Å²) in [4.78, 5) is 155. The highest BCUT2D eigenvalue weighted by Gasteiger charge is 2.31. The van der Waals surface area contributed by atoms with Gasteiger partial charge in [-0.15, -0.1) is 0 Å². The summed E-state index contributed by atoms with van der Waals surface area (Å²) in [6.45, 7) is 38.0. The summed E-state index contributed by atoms with van der Waals surface area (Å²) < 4.78 is 113. The second-order valence-electron chi connectivity index (χ2n) is 25.5. The highest BCUT2D eigenvalue weighted by molar-refractivity contribution is 7.55. The zero-order chi connectivity index (χ0) is 87.9. The van der Waals surface area contributed by atoms with E-state index in [1.54, 1.807) is 132 Å². The maximum atomic E-state index is 12.0. The Kier molecular flexibility index (Phi) is 74.7. The van der Waals surface area contributed by atoms with Gasteiger partial charge >= 0.3 is 82.7 Å². The smallest absolute Gasteiger partial charge is 0.408 e. The van der Waals surface area contributed by atoms with Gasteiger partial charge in [0.2, 0.25) is 19.2 Å². The fourth-order valence-electron chi connectivity index (χ4n) is 6.02. The van der Waals surface area contributed by atoms with E-state index in [1.807, 2.05) is 20.8 Å². The number of aldehydes is 1. The Bertz CT molecular complexity index is 2730. The van der Waals surface area contributed by atoms with Crippen LogP contribution in [-0.2, 0) is 141 Å². The number of aliphatic carboxylic acids is 1. The van der Waals surface area contributed by atoms with E-state index in [-0.39, 0.29) is 111 Å². The second kappa shape index (κ2) is 68.1. The molecule has 0 aromatic carbocycles. The van der Waals surface area contributed by atoms with Gasteiger partial charge in [0.1, 0.15) is 72.4 Å². The number of carboxylic acid groups (broad SMARTS) is 1. The number of hydrogen-bond acceptors (Lipinski definition) is 34. The molecule has 0 aromatic rings. The van der Waals surface area contributed by atoms with Crippen molar-refractivity contribution in [2.24, 2.45) is 5.73 Å². The van der Waals surface area contributed by atoms with Crippen LogP contribution in [0.5, 0.6) is 0 Å². The molecule has 9 N–H and O–H groups in total. The van der Waals surface area contributed by atoms with Crippen LogP contribution in [0.4, 0.5) is 9.59 Å². The zero-order valence-electron chi connectivity index (χ0n) is 69.5. The molecule has 111 heavy (non-hydrogen) atoms. The number of carbonyl (C=O) groups is 14. The van der Waals surface area contributed by atoms with Gasteiger partial charge in [0.25, 0.3) is 0 Å². The minimum absolute atomic E-state index is 0. The summed E-state index contributed by atoms with van der Waals surface area (Å²) in [6, 6.07) is -1.79. The van der Waals surface area contributed by atoms with E-state index in [2.05, 4.69) is 50.6 Å². The molecular formula is C68H135N6O34P3. The molecule has 0 bridgehead atoms. The molecular weight excluding hydrogens is 1540 g/mol. The van der Waals surface area contributed by atoms with Crippen molar-refractivity contribution in [2.75, 3.05) is 120 Å². The number of amides is 5. The van der Waals surface area contributed by atoms with Gasteiger partial charge in [-0.05, 0) is 145 Å². The van der Waals surface area contributed by atoms with Crippen molar-refractivity contribution in [3.63, 3.8) is 0 Å². The first-order chi connectivity index (χ1) is 50.3. The molecule has 0 aliphatic heterocycles. The highest BCUT2D eigenvalue weighted by atomic mass is 31.2. The molecule has 5 amide bonds. The van der Waals surface area contributed by atoms with Crippen molar-refractivity contribution < 1.29 is 161 Å². The number of aliphatic hydroxyl groups excluding tert-OH is 1. The molecule has 0 aliphatic rings. The Morgan fingerprint density at radius 3 is 0.910 bits per heavy atom. The normalized spacial score (nSPS) is 11.5. The SMILES string of the molecule is C.C.CC(C)(C)OC(=O)C[C@@H](C=O)NC(=O)OC(C)(C)C.CCC(=O)OC(C)(C)C.CCOP(=O)(CC(=O)NCC(=O)OC)OCC.CCOP(=O)(CC(=O)NCC(=O)OC)OCC.CCOP(=O)(CC(=O)O)OCC.COC(=O)CN.COC(=O)CNC(=O)/C=C/[C@H](CC(=O)OC(C)(C)C)NC(=O)OC(C)(C)C.[2H]OC. The lowest BCUT2D eigenvalue weighted by molar-refractivity contribution is -0.156. The molecule has 656 valence electrons. The molecule has 0 radical (unpaired) electrons. The largest absolute Gasteiger partial charge is 0.481 e. The Labute approximate surface area is 657 Å². The maximum absolute atomic E-state index is 12.0. The number of hydrogen-bond donors (Lipinski definition) is 8. The van der Waals surface area contributed by atoms with Gasteiger partial charge in [-0.25, -0.2) is 9.59 Å². The highest BCUT2D eigenvalue weighted by Crippen LogP contribution is 2.49. The summed E-state index contributed by atoms with van der Waals surface area (Å²) in [5.74, 6) is -6.32. The van der Waals surface area contributed by atoms with Crippen LogP contribution in [0.15, 0.2) is 12.2 Å². The Hall–Kier alpha value is -7.51. The minimum atomic E-state index is -3.41. The fraction of sp³-hybridized carbons (Fsp3) is 0.765. The van der Waals surface area contributed by atoms with Crippen LogP contribution in [0.3, 0.4) is 0 Å². The van der Waals surface area contributed by atoms with Gasteiger partial charge < -0.3 is 117 Å². The quantitative estimate of drug-likeness (QED) is 0.0100. The number of carboxylic acids is 1. The number of methoxy groups -OCH3 is 4. The predicted octanol–water partition coefficient (Wildman–Crippen LogP) is 7.42. The van der Waals surface area contributed by atoms with E-state index < -0.39 is 141 Å². The molecule has 0 saturated carbocycles. The zero-order valence-corrected chi connectivity index (χ0v) is 71.2. The third-order valence-corrected chi connectivity index (χ3v) is 15.6. The molecule has 0 rings (SSSR count). The molecule has 0 aromatic heterocycles. The predicted molar refractivity (Wildman–Crippen MR) is 411 cm³/mol. The molecule has 0 unspecified atom stereocenters. The molecule has 0 heterocycles. The lowest BCUT2D eigenvalue weighted by Gasteiger charge is -2.23. The minimum Gasteiger partial charge on any atom is -0.481 e. The van der Waals surface area contributed by atoms with E-state index in [9.17, 15) is 80.8 Å². The standard InChI is InChI=1S/C18H30N2O7.C13H23NO5.2C9H18NO6P.C7H14O2.C6H13O5P.C3H7NO2.CH4O.2CH4/c1-17(2,3)26-14(22)10-12(20-16(24)27-18(4,5)6)8-9-13(21)19-11-15(23)25-7;1-12(2,3)18-10(16)7-9(8-15)14-11(17)19-13(4,5)6;2*1-4-15-17(13,16-5-2)7-8(11)10-6-9(12)14-3;1-5-6(8)9-7(2,3)4;1-3-10-12(9,11-4-2)5-6(7)8;1-6-3(5)2-4;1-2;;/h8-9,12H,10-11H2,1-7H3,(H,19,21)(H,20,24);8-9H,7H2,1-6H3,(H,14,17);2*4-7H2,1-3H3,(H,10,11);5H2,1-4H3;3-5H2,1-2H3,(H,7,8);2,4H2,1H3;2H,1H3;2*1H4/b9-8+;;;;;;;;;/t12-;9-;;;;;;;;/m10......../s1/i;;;;;;;2D;;. The average Bonchev–Trinajstić information content (AvgIpc) is 0.900. The Balaban J connectivity index is -0.000000139. The summed E-state index contributed by atoms with van der Waals surface area (Å²) >= 11 is 0. The van der Waals surface area contributed by atoms with Crippen LogP contribution in [-0.4, -0.2) is 256 Å². The summed E-state index contributed by atoms with van der Waals surface area (Å²) in [5.41, 5.74) is 1.78. The number of carbonyl (C=O) groups excluding carboxylic acids is 13. The summed E-state index contributed by atoms with van der Waals surface area (Å²) in [6.07, 6.45) is 0.0633. The third-order valence-electron chi connectivity index (χ3n) is 9.67. The number of esters is 7. The number of aliphatic hydroxyl groups is 1. The van der Waals surface area contributed by atoms with Crippen molar-refractivity contribution in [3.8, 4) is 0 Å². The van der Waals surface area contributed by atoms with E-state index in [4.69, 9.17) is 63.1 Å². The van der Waals surface area contributed by atoms with Crippen LogP contribution in [0.2, 0.25) is 0 Å². The Morgan fingerprint density at radius 2 is 0.685 bits per heavy atom. The van der Waals surface area contributed by atoms with Crippen LogP contribution in [0.25, 0.3) is 0 Å². The molecule has 0 spiro atoms. The van der Waals surface area contributed by atoms with Crippen molar-refractivity contribution in [2.45, 2.75) is 227 Å². The first-order valence-electron chi connectivity index (χ1n) is 34.1. The van der Waals surface area contributed by atoms with Crippen LogP contribution >= 0.6 is 22.8 Å². The van der Waals surface area contributed by atoms with Crippen molar-refractivity contribution in [1.29, 1.82) is 1.43 Å². The van der Waals surface area contributed by atoms with Crippen LogP contribution in [0, 0.1) is 0 Å². The van der Waals surface area contributed by atoms with Gasteiger partial charge in [-0.2, -0.15) is 0 Å². The lowest BCUT2D eigenvalue weighted by Crippen LogP contribution is -2.41. The van der Waals surface area contributed by atoms with Gasteiger partial charge in [0.05, 0.1) is 99.6 Å². The van der Waals surface area contributed by atoms with Crippen molar-refractivity contribution in [3.05, 3.63) is 12.2 Å². The van der Waals surface area contributed by atoms with E-state index >= 15 is 0 Å². The average molecular weight is 1670 g/mol. The van der Waals surface area contributed by atoms with Crippen molar-refractivity contribution >= 4 is 107 Å². The van der Waals surface area contributed by atoms with E-state index in [1.165, 1.54) is 41.6 Å². The molecule has 43 heteroatoms. The first kappa shape index (κ1) is 122. The molecule has 0 fully saturated rings. The number of nitrogens with two attached hydrogens (primary N) is 1. The van der Waals surface area contributed by atoms with E-state index in [0.717, 1.165) is 6.08 Å². The number of rotatable bonds is 35. The first-order valence-corrected chi connectivity index (χ1v) is 38.9. The molecule has 0 saturated heterocycles. The number of nitrogens with one attached hydrogen (secondary N) is 5. The Morgan fingerprint density at radius 1 is 0.423 bits per heavy atom. The van der Waals surface area contributed by atoms with Crippen molar-refractivity contribution in [1.82, 2.24) is 26.6 Å². The molecule has 40 nitrogen and oxygen atoms in total. The number of alkyl carbamates (subject to hydrolysis) is 2. The fourth-order valence-corrected chi connectivity index (χ4v) is 10.4. The second-order valence-corrected chi connectivity index (χ2v) is 31.7. The van der Waals surface area contributed by atoms with Gasteiger partial charge in [-0.3, -0.25) is 66.4 Å². The monoisotopic (exact) mass is 1670 g/mol. The topological polar surface area (TPSA) is 555 Å². The van der Waals surface area contributed by atoms with Crippen LogP contribution < -0.4 is 32.3 Å². The van der Waals surface area contributed by atoms with Crippen LogP contribution in [0.1, 0.15) is 186 Å². The summed E-state index contributed by atoms with van der Waals surface area (Å²) in [7, 11) is -3.98.